The van der Waals surface area contributed by atoms with E-state index in [-0.39, 0.29) is 6.42 Å². The van der Waals surface area contributed by atoms with Crippen LogP contribution in [0.25, 0.3) is 0 Å². The van der Waals surface area contributed by atoms with Crippen molar-refractivity contribution in [3.63, 3.8) is 0 Å². The molecule has 0 aliphatic heterocycles. The van der Waals surface area contributed by atoms with Crippen molar-refractivity contribution in [2.24, 2.45) is 0 Å². The first-order chi connectivity index (χ1) is 10.8. The van der Waals surface area contributed by atoms with Crippen molar-refractivity contribution >= 4 is 5.97 Å². The van der Waals surface area contributed by atoms with Crippen LogP contribution < -0.4 is 0 Å². The summed E-state index contributed by atoms with van der Waals surface area (Å²) in [4.78, 5) is 10.3. The molecule has 0 aliphatic rings. The number of hydrogen-bond acceptors (Lipinski definition) is 1. The Balaban J connectivity index is 3.27. The summed E-state index contributed by atoms with van der Waals surface area (Å²) in [5.41, 5.74) is 3.02. The number of allylic oxidation sites excluding steroid dienone is 3. The van der Waals surface area contributed by atoms with E-state index in [0.29, 0.717) is 6.42 Å². The average molecular weight is 306 g/mol. The molecule has 2 nitrogen and oxygen atoms in total. The van der Waals surface area contributed by atoms with Gasteiger partial charge in [-0.2, -0.15) is 0 Å². The van der Waals surface area contributed by atoms with Gasteiger partial charge in [-0.05, 0) is 37.8 Å². The van der Waals surface area contributed by atoms with Crippen LogP contribution in [-0.4, -0.2) is 11.1 Å². The Kier molecular flexibility index (Phi) is 16.8. The molecule has 0 radical (unpaired) electrons. The summed E-state index contributed by atoms with van der Waals surface area (Å²) < 4.78 is 0. The summed E-state index contributed by atoms with van der Waals surface area (Å²) in [6.45, 7) is 2.26. The fourth-order valence-corrected chi connectivity index (χ4v) is 2.29. The molecule has 1 N–H and O–H groups in total. The molecule has 0 fully saturated rings. The quantitative estimate of drug-likeness (QED) is 0.215. The van der Waals surface area contributed by atoms with Crippen LogP contribution in [0.15, 0.2) is 30.0 Å². The Bertz CT molecular complexity index is 336. The molecule has 0 aromatic carbocycles. The van der Waals surface area contributed by atoms with Gasteiger partial charge in [0, 0.05) is 6.42 Å². The number of carboxylic acid groups (broad SMARTS) is 1. The van der Waals surface area contributed by atoms with E-state index in [9.17, 15) is 4.79 Å². The van der Waals surface area contributed by atoms with E-state index < -0.39 is 5.97 Å². The Hall–Kier alpha value is -1.27. The second kappa shape index (κ2) is 17.8. The summed E-state index contributed by atoms with van der Waals surface area (Å²) in [5, 5.41) is 8.47. The number of carbonyl (C=O) groups is 1. The van der Waals surface area contributed by atoms with E-state index in [1.165, 1.54) is 64.2 Å². The lowest BCUT2D eigenvalue weighted by atomic mass is 10.1. The zero-order valence-corrected chi connectivity index (χ0v) is 14.4. The third-order valence-corrected chi connectivity index (χ3v) is 3.63. The first kappa shape index (κ1) is 20.7. The van der Waals surface area contributed by atoms with Gasteiger partial charge in [-0.3, -0.25) is 4.79 Å². The van der Waals surface area contributed by atoms with Crippen LogP contribution >= 0.6 is 0 Å². The first-order valence-corrected chi connectivity index (χ1v) is 9.03. The molecule has 0 bridgehead atoms. The van der Waals surface area contributed by atoms with Crippen LogP contribution in [-0.2, 0) is 4.79 Å². The molecule has 0 unspecified atom stereocenters. The van der Waals surface area contributed by atoms with Crippen molar-refractivity contribution in [2.75, 3.05) is 0 Å². The predicted octanol–water partition coefficient (Wildman–Crippen LogP) is 6.43. The van der Waals surface area contributed by atoms with Gasteiger partial charge in [0.15, 0.2) is 0 Å². The Morgan fingerprint density at radius 1 is 0.864 bits per heavy atom. The van der Waals surface area contributed by atoms with Crippen LogP contribution in [0.3, 0.4) is 0 Å². The molecular formula is C20H34O2. The SMILES string of the molecule is CCCCCCCCCCCC=CCC=C=CCCC(=O)O. The highest BCUT2D eigenvalue weighted by atomic mass is 16.4. The third kappa shape index (κ3) is 18.7. The second-order valence-corrected chi connectivity index (χ2v) is 5.83. The van der Waals surface area contributed by atoms with Gasteiger partial charge in [0.2, 0.25) is 0 Å². The Morgan fingerprint density at radius 3 is 2.14 bits per heavy atom. The van der Waals surface area contributed by atoms with Crippen LogP contribution in [0, 0.1) is 0 Å². The molecule has 0 rings (SSSR count). The summed E-state index contributed by atoms with van der Waals surface area (Å²) in [5.74, 6) is -0.751. The van der Waals surface area contributed by atoms with Gasteiger partial charge in [0.1, 0.15) is 0 Å². The molecule has 0 atom stereocenters. The Labute approximate surface area is 137 Å². The topological polar surface area (TPSA) is 37.3 Å². The Morgan fingerprint density at radius 2 is 1.50 bits per heavy atom. The standard InChI is InChI=1S/C20H34O2/c1-2-3-4-5-6-7-8-9-10-11-12-13-14-15-16-17-18-19-20(21)22/h12-13,15,17H,2-11,14,18-19H2,1H3,(H,21,22). The second-order valence-electron chi connectivity index (χ2n) is 5.83. The number of carboxylic acids is 1. The molecular weight excluding hydrogens is 272 g/mol. The lowest BCUT2D eigenvalue weighted by molar-refractivity contribution is -0.136. The molecule has 126 valence electrons. The van der Waals surface area contributed by atoms with Gasteiger partial charge < -0.3 is 5.11 Å². The van der Waals surface area contributed by atoms with Crippen LogP contribution in [0.4, 0.5) is 0 Å². The molecule has 22 heavy (non-hydrogen) atoms. The van der Waals surface area contributed by atoms with Crippen molar-refractivity contribution in [3.05, 3.63) is 30.0 Å². The minimum Gasteiger partial charge on any atom is -0.481 e. The van der Waals surface area contributed by atoms with Gasteiger partial charge in [-0.15, -0.1) is 5.73 Å². The van der Waals surface area contributed by atoms with E-state index in [4.69, 9.17) is 5.11 Å². The highest BCUT2D eigenvalue weighted by molar-refractivity contribution is 5.66. The highest BCUT2D eigenvalue weighted by Gasteiger charge is 1.91. The van der Waals surface area contributed by atoms with Gasteiger partial charge in [0.05, 0.1) is 0 Å². The number of rotatable bonds is 15. The van der Waals surface area contributed by atoms with Crippen LogP contribution in [0.2, 0.25) is 0 Å². The highest BCUT2D eigenvalue weighted by Crippen LogP contribution is 2.10. The van der Waals surface area contributed by atoms with Gasteiger partial charge >= 0.3 is 5.97 Å². The van der Waals surface area contributed by atoms with Crippen molar-refractivity contribution in [1.29, 1.82) is 0 Å². The molecule has 0 saturated carbocycles. The van der Waals surface area contributed by atoms with Crippen LogP contribution in [0.5, 0.6) is 0 Å². The maximum absolute atomic E-state index is 10.3. The molecule has 0 aromatic heterocycles. The average Bonchev–Trinajstić information content (AvgIpc) is 2.50. The molecule has 2 heteroatoms. The van der Waals surface area contributed by atoms with Crippen molar-refractivity contribution in [1.82, 2.24) is 0 Å². The van der Waals surface area contributed by atoms with Gasteiger partial charge in [-0.1, -0.05) is 70.4 Å². The van der Waals surface area contributed by atoms with Crippen molar-refractivity contribution in [3.8, 4) is 0 Å². The monoisotopic (exact) mass is 306 g/mol. The molecule has 0 saturated heterocycles. The lowest BCUT2D eigenvalue weighted by Crippen LogP contribution is -1.91. The predicted molar refractivity (Wildman–Crippen MR) is 95.1 cm³/mol. The fourth-order valence-electron chi connectivity index (χ4n) is 2.29. The molecule has 0 amide bonds. The summed E-state index contributed by atoms with van der Waals surface area (Å²) in [6.07, 6.45) is 23.4. The fraction of sp³-hybridized carbons (Fsp3) is 0.700. The normalized spacial score (nSPS) is 10.6. The van der Waals surface area contributed by atoms with Crippen molar-refractivity contribution < 1.29 is 9.90 Å². The molecule has 0 spiro atoms. The largest absolute Gasteiger partial charge is 0.481 e. The van der Waals surface area contributed by atoms with Gasteiger partial charge in [0.25, 0.3) is 0 Å². The zero-order chi connectivity index (χ0) is 16.3. The lowest BCUT2D eigenvalue weighted by Gasteiger charge is -2.00. The van der Waals surface area contributed by atoms with E-state index in [1.807, 2.05) is 6.08 Å². The van der Waals surface area contributed by atoms with Crippen molar-refractivity contribution in [2.45, 2.75) is 90.4 Å². The summed E-state index contributed by atoms with van der Waals surface area (Å²) in [7, 11) is 0. The first-order valence-electron chi connectivity index (χ1n) is 9.03. The van der Waals surface area contributed by atoms with Crippen LogP contribution in [0.1, 0.15) is 90.4 Å². The van der Waals surface area contributed by atoms with Gasteiger partial charge in [-0.25, -0.2) is 0 Å². The summed E-state index contributed by atoms with van der Waals surface area (Å²) in [6, 6.07) is 0. The number of unbranched alkanes of at least 4 members (excludes halogenated alkanes) is 9. The molecule has 0 aromatic rings. The van der Waals surface area contributed by atoms with E-state index in [0.717, 1.165) is 6.42 Å². The number of aliphatic carboxylic acids is 1. The van der Waals surface area contributed by atoms with E-state index in [2.05, 4.69) is 24.8 Å². The zero-order valence-electron chi connectivity index (χ0n) is 14.4. The van der Waals surface area contributed by atoms with E-state index >= 15 is 0 Å². The molecule has 0 aliphatic carbocycles. The maximum Gasteiger partial charge on any atom is 0.303 e. The molecule has 0 heterocycles. The van der Waals surface area contributed by atoms with E-state index in [1.54, 1.807) is 6.08 Å². The maximum atomic E-state index is 10.3. The smallest absolute Gasteiger partial charge is 0.303 e. The third-order valence-electron chi connectivity index (χ3n) is 3.63. The minimum absolute atomic E-state index is 0.190. The number of hydrogen-bond donors (Lipinski definition) is 1. The summed E-state index contributed by atoms with van der Waals surface area (Å²) >= 11 is 0. The minimum atomic E-state index is -0.751.